The van der Waals surface area contributed by atoms with Crippen LogP contribution >= 0.6 is 0 Å². The van der Waals surface area contributed by atoms with E-state index in [1.165, 1.54) is 6.07 Å². The van der Waals surface area contributed by atoms with Gasteiger partial charge in [-0.25, -0.2) is 4.79 Å². The highest BCUT2D eigenvalue weighted by atomic mass is 16.4. The van der Waals surface area contributed by atoms with Gasteiger partial charge in [0.25, 0.3) is 6.01 Å². The fourth-order valence-electron chi connectivity index (χ4n) is 2.02. The molecular formula is C14H18N2O3. The maximum absolute atomic E-state index is 10.9. The number of aromatic nitrogens is 1. The highest BCUT2D eigenvalue weighted by Gasteiger charge is 2.14. The van der Waals surface area contributed by atoms with E-state index in [1.807, 2.05) is 0 Å². The topological polar surface area (TPSA) is 66.6 Å². The summed E-state index contributed by atoms with van der Waals surface area (Å²) in [7, 11) is 0. The zero-order chi connectivity index (χ0) is 13.8. The summed E-state index contributed by atoms with van der Waals surface area (Å²) < 4.78 is 5.68. The molecule has 0 bridgehead atoms. The van der Waals surface area contributed by atoms with E-state index in [9.17, 15) is 4.79 Å². The van der Waals surface area contributed by atoms with Gasteiger partial charge in [-0.2, -0.15) is 4.98 Å². The van der Waals surface area contributed by atoms with Gasteiger partial charge in [-0.05, 0) is 31.0 Å². The van der Waals surface area contributed by atoms with Crippen LogP contribution in [0, 0.1) is 0 Å². The number of nitrogens with zero attached hydrogens (tertiary/aromatic N) is 2. The Morgan fingerprint density at radius 1 is 1.32 bits per heavy atom. The summed E-state index contributed by atoms with van der Waals surface area (Å²) in [5.74, 6) is -0.959. The lowest BCUT2D eigenvalue weighted by atomic mass is 10.2. The van der Waals surface area contributed by atoms with Gasteiger partial charge in [-0.1, -0.05) is 13.8 Å². The Kier molecular flexibility index (Phi) is 4.04. The molecule has 0 fully saturated rings. The lowest BCUT2D eigenvalue weighted by Gasteiger charge is -2.18. The second kappa shape index (κ2) is 5.73. The van der Waals surface area contributed by atoms with E-state index in [1.54, 1.807) is 12.1 Å². The molecule has 0 aliphatic rings. The van der Waals surface area contributed by atoms with Crippen molar-refractivity contribution < 1.29 is 14.3 Å². The van der Waals surface area contributed by atoms with Gasteiger partial charge in [-0.3, -0.25) is 0 Å². The summed E-state index contributed by atoms with van der Waals surface area (Å²) in [6, 6.07) is 5.31. The van der Waals surface area contributed by atoms with E-state index in [2.05, 4.69) is 23.7 Å². The first-order valence-corrected chi connectivity index (χ1v) is 6.54. The largest absolute Gasteiger partial charge is 0.478 e. The van der Waals surface area contributed by atoms with Crippen molar-refractivity contribution in [3.05, 3.63) is 23.8 Å². The molecule has 19 heavy (non-hydrogen) atoms. The molecule has 5 nitrogen and oxygen atoms in total. The Balaban J connectivity index is 2.36. The van der Waals surface area contributed by atoms with Gasteiger partial charge in [0.1, 0.15) is 5.52 Å². The molecule has 1 N–H and O–H groups in total. The Bertz CT molecular complexity index is 571. The Hall–Kier alpha value is -2.04. The summed E-state index contributed by atoms with van der Waals surface area (Å²) >= 11 is 0. The molecule has 0 amide bonds. The molecule has 0 radical (unpaired) electrons. The average molecular weight is 262 g/mol. The fourth-order valence-corrected chi connectivity index (χ4v) is 2.02. The number of carboxylic acid groups (broad SMARTS) is 1. The first kappa shape index (κ1) is 13.4. The molecule has 0 unspecified atom stereocenters. The van der Waals surface area contributed by atoms with Crippen LogP contribution in [0.25, 0.3) is 11.1 Å². The number of hydrogen-bond acceptors (Lipinski definition) is 4. The average Bonchev–Trinajstić information content (AvgIpc) is 2.80. The third kappa shape index (κ3) is 2.86. The van der Waals surface area contributed by atoms with Crippen molar-refractivity contribution in [3.8, 4) is 0 Å². The molecule has 0 aliphatic carbocycles. The van der Waals surface area contributed by atoms with E-state index in [0.717, 1.165) is 25.9 Å². The molecule has 0 saturated heterocycles. The Morgan fingerprint density at radius 2 is 2.00 bits per heavy atom. The van der Waals surface area contributed by atoms with Crippen molar-refractivity contribution in [1.82, 2.24) is 4.98 Å². The number of benzene rings is 1. The normalized spacial score (nSPS) is 10.8. The smallest absolute Gasteiger partial charge is 0.335 e. The van der Waals surface area contributed by atoms with Crippen LogP contribution in [0.15, 0.2) is 22.6 Å². The molecule has 1 heterocycles. The van der Waals surface area contributed by atoms with Gasteiger partial charge in [0.05, 0.1) is 5.56 Å². The van der Waals surface area contributed by atoms with E-state index < -0.39 is 5.97 Å². The maximum atomic E-state index is 10.9. The van der Waals surface area contributed by atoms with Crippen LogP contribution < -0.4 is 4.90 Å². The quantitative estimate of drug-likeness (QED) is 0.866. The summed E-state index contributed by atoms with van der Waals surface area (Å²) in [6.45, 7) is 5.97. The maximum Gasteiger partial charge on any atom is 0.335 e. The zero-order valence-electron chi connectivity index (χ0n) is 11.2. The van der Waals surface area contributed by atoms with Crippen molar-refractivity contribution in [2.45, 2.75) is 26.7 Å². The van der Waals surface area contributed by atoms with Crippen molar-refractivity contribution in [2.24, 2.45) is 0 Å². The van der Waals surface area contributed by atoms with Crippen LogP contribution in [-0.4, -0.2) is 29.1 Å². The molecular weight excluding hydrogens is 244 g/mol. The molecule has 5 heteroatoms. The second-order valence-electron chi connectivity index (χ2n) is 4.47. The Morgan fingerprint density at radius 3 is 2.58 bits per heavy atom. The number of anilines is 1. The van der Waals surface area contributed by atoms with Crippen LogP contribution in [0.3, 0.4) is 0 Å². The van der Waals surface area contributed by atoms with Gasteiger partial charge in [0.15, 0.2) is 5.58 Å². The van der Waals surface area contributed by atoms with Crippen molar-refractivity contribution in [3.63, 3.8) is 0 Å². The predicted octanol–water partition coefficient (Wildman–Crippen LogP) is 3.15. The zero-order valence-corrected chi connectivity index (χ0v) is 11.2. The lowest BCUT2D eigenvalue weighted by Crippen LogP contribution is -2.24. The molecule has 102 valence electrons. The molecule has 2 rings (SSSR count). The number of carboxylic acids is 1. The SMILES string of the molecule is CCCN(CCC)c1nc2ccc(C(=O)O)cc2o1. The van der Waals surface area contributed by atoms with E-state index in [4.69, 9.17) is 9.52 Å². The molecule has 0 atom stereocenters. The minimum Gasteiger partial charge on any atom is -0.478 e. The summed E-state index contributed by atoms with van der Waals surface area (Å²) in [6.07, 6.45) is 2.03. The summed E-state index contributed by atoms with van der Waals surface area (Å²) in [5.41, 5.74) is 1.43. The summed E-state index contributed by atoms with van der Waals surface area (Å²) in [5, 5.41) is 8.96. The molecule has 0 spiro atoms. The van der Waals surface area contributed by atoms with Gasteiger partial charge in [-0.15, -0.1) is 0 Å². The minimum atomic E-state index is -0.959. The van der Waals surface area contributed by atoms with E-state index >= 15 is 0 Å². The van der Waals surface area contributed by atoms with Crippen molar-refractivity contribution in [2.75, 3.05) is 18.0 Å². The van der Waals surface area contributed by atoms with Crippen molar-refractivity contribution >= 4 is 23.1 Å². The number of hydrogen-bond donors (Lipinski definition) is 1. The highest BCUT2D eigenvalue weighted by molar-refractivity contribution is 5.92. The molecule has 0 aliphatic heterocycles. The monoisotopic (exact) mass is 262 g/mol. The number of oxazole rings is 1. The number of fused-ring (bicyclic) bond motifs is 1. The lowest BCUT2D eigenvalue weighted by molar-refractivity contribution is 0.0697. The second-order valence-corrected chi connectivity index (χ2v) is 4.47. The van der Waals surface area contributed by atoms with Crippen LogP contribution in [0.5, 0.6) is 0 Å². The molecule has 2 aromatic rings. The number of aromatic carboxylic acids is 1. The minimum absolute atomic E-state index is 0.215. The van der Waals surface area contributed by atoms with Gasteiger partial charge in [0.2, 0.25) is 0 Å². The van der Waals surface area contributed by atoms with Gasteiger partial charge in [0, 0.05) is 13.1 Å². The summed E-state index contributed by atoms with van der Waals surface area (Å²) in [4.78, 5) is 17.4. The Labute approximate surface area is 111 Å². The van der Waals surface area contributed by atoms with Crippen LogP contribution in [-0.2, 0) is 0 Å². The van der Waals surface area contributed by atoms with Crippen LogP contribution in [0.4, 0.5) is 6.01 Å². The van der Waals surface area contributed by atoms with Gasteiger partial charge < -0.3 is 14.4 Å². The van der Waals surface area contributed by atoms with Crippen LogP contribution in [0.1, 0.15) is 37.0 Å². The first-order chi connectivity index (χ1) is 9.15. The molecule has 0 saturated carbocycles. The van der Waals surface area contributed by atoms with Gasteiger partial charge >= 0.3 is 5.97 Å². The first-order valence-electron chi connectivity index (χ1n) is 6.54. The van der Waals surface area contributed by atoms with Crippen LogP contribution in [0.2, 0.25) is 0 Å². The third-order valence-electron chi connectivity index (χ3n) is 2.88. The van der Waals surface area contributed by atoms with E-state index in [0.29, 0.717) is 17.1 Å². The molecule has 1 aromatic heterocycles. The number of carbonyl (C=O) groups is 1. The highest BCUT2D eigenvalue weighted by Crippen LogP contribution is 2.23. The molecule has 1 aromatic carbocycles. The fraction of sp³-hybridized carbons (Fsp3) is 0.429. The number of rotatable bonds is 6. The third-order valence-corrected chi connectivity index (χ3v) is 2.88. The van der Waals surface area contributed by atoms with E-state index in [-0.39, 0.29) is 5.56 Å². The standard InChI is InChI=1S/C14H18N2O3/c1-3-7-16(8-4-2)14-15-11-6-5-10(13(17)18)9-12(11)19-14/h5-6,9H,3-4,7-8H2,1-2H3,(H,17,18). The predicted molar refractivity (Wildman–Crippen MR) is 73.8 cm³/mol. The van der Waals surface area contributed by atoms with Crippen molar-refractivity contribution in [1.29, 1.82) is 0 Å².